The second-order valence-corrected chi connectivity index (χ2v) is 7.94. The number of carbonyl (C=O) groups excluding carboxylic acids is 1. The Kier molecular flexibility index (Phi) is 9.87. The number of hydrogen-bond acceptors (Lipinski definition) is 10. The molecule has 0 amide bonds. The lowest BCUT2D eigenvalue weighted by atomic mass is 9.81. The molecule has 196 valence electrons. The van der Waals surface area contributed by atoms with Crippen molar-refractivity contribution in [2.45, 2.75) is 25.6 Å². The topological polar surface area (TPSA) is 132 Å². The van der Waals surface area contributed by atoms with E-state index in [1.165, 1.54) is 7.11 Å². The molecule has 1 heterocycles. The van der Waals surface area contributed by atoms with Crippen LogP contribution in [0.5, 0.6) is 6.01 Å². The molecule has 3 rings (SSSR count). The molecule has 2 aromatic carbocycles. The standard InChI is InChI=1S/C26H29N3O8/c1-19-18-20(2)28-25(27-19)37-23(24(30)35-16-14-34-15-17-36-29(31)32)26(33-3,21-10-6-4-7-11-21)22-12-8-5-9-13-22/h4-13,18,23H,14-17H2,1-3H3. The highest BCUT2D eigenvalue weighted by Crippen LogP contribution is 2.39. The molecule has 0 aliphatic rings. The van der Waals surface area contributed by atoms with Crippen LogP contribution in [-0.2, 0) is 29.4 Å². The van der Waals surface area contributed by atoms with Crippen molar-refractivity contribution in [2.24, 2.45) is 0 Å². The SMILES string of the molecule is COC(c1ccccc1)(c1ccccc1)C(Oc1nc(C)cc(C)n1)C(=O)OCCOCCO[N+](=O)[O-]. The van der Waals surface area contributed by atoms with Crippen LogP contribution in [0.3, 0.4) is 0 Å². The number of hydrogen-bond donors (Lipinski definition) is 0. The molecule has 0 radical (unpaired) electrons. The Bertz CT molecular complexity index is 1100. The van der Waals surface area contributed by atoms with Crippen LogP contribution in [0.25, 0.3) is 0 Å². The summed E-state index contributed by atoms with van der Waals surface area (Å²) in [6.07, 6.45) is -1.35. The van der Waals surface area contributed by atoms with Crippen molar-refractivity contribution in [3.63, 3.8) is 0 Å². The summed E-state index contributed by atoms with van der Waals surface area (Å²) in [5, 5.41) is 9.32. The average Bonchev–Trinajstić information content (AvgIpc) is 2.88. The van der Waals surface area contributed by atoms with Crippen molar-refractivity contribution < 1.29 is 33.7 Å². The second-order valence-electron chi connectivity index (χ2n) is 7.94. The molecule has 0 aliphatic carbocycles. The van der Waals surface area contributed by atoms with Crippen molar-refractivity contribution >= 4 is 5.97 Å². The summed E-state index contributed by atoms with van der Waals surface area (Å²) >= 11 is 0. The van der Waals surface area contributed by atoms with E-state index in [9.17, 15) is 14.9 Å². The van der Waals surface area contributed by atoms with Crippen LogP contribution in [0.1, 0.15) is 22.5 Å². The van der Waals surface area contributed by atoms with Crippen molar-refractivity contribution in [2.75, 3.05) is 33.5 Å². The van der Waals surface area contributed by atoms with Crippen LogP contribution in [0.2, 0.25) is 0 Å². The minimum absolute atomic E-state index is 0.000848. The lowest BCUT2D eigenvalue weighted by Crippen LogP contribution is -2.51. The largest absolute Gasteiger partial charge is 0.460 e. The first kappa shape index (κ1) is 27.5. The summed E-state index contributed by atoms with van der Waals surface area (Å²) < 4.78 is 23.0. The molecule has 0 fully saturated rings. The maximum Gasteiger partial charge on any atom is 0.351 e. The molecule has 0 spiro atoms. The highest BCUT2D eigenvalue weighted by molar-refractivity contribution is 5.78. The second kappa shape index (κ2) is 13.3. The van der Waals surface area contributed by atoms with Crippen molar-refractivity contribution in [3.05, 3.63) is 99.4 Å². The molecule has 11 heteroatoms. The van der Waals surface area contributed by atoms with Crippen LogP contribution in [0, 0.1) is 24.0 Å². The van der Waals surface area contributed by atoms with Crippen molar-refractivity contribution in [1.82, 2.24) is 9.97 Å². The van der Waals surface area contributed by atoms with Gasteiger partial charge in [-0.3, -0.25) is 0 Å². The van der Waals surface area contributed by atoms with Crippen molar-refractivity contribution in [3.8, 4) is 6.01 Å². The zero-order chi connectivity index (χ0) is 26.7. The van der Waals surface area contributed by atoms with E-state index in [4.69, 9.17) is 18.9 Å². The highest BCUT2D eigenvalue weighted by atomic mass is 17.0. The van der Waals surface area contributed by atoms with Gasteiger partial charge in [0.1, 0.15) is 13.2 Å². The lowest BCUT2D eigenvalue weighted by Gasteiger charge is -2.38. The van der Waals surface area contributed by atoms with Gasteiger partial charge in [0, 0.05) is 18.5 Å². The third-order valence-electron chi connectivity index (χ3n) is 5.39. The summed E-state index contributed by atoms with van der Waals surface area (Å²) in [5.41, 5.74) is 1.23. The van der Waals surface area contributed by atoms with Gasteiger partial charge in [-0.1, -0.05) is 60.7 Å². The van der Waals surface area contributed by atoms with E-state index in [0.29, 0.717) is 22.5 Å². The molecule has 0 bridgehead atoms. The number of methoxy groups -OCH3 is 1. The Labute approximate surface area is 214 Å². The summed E-state index contributed by atoms with van der Waals surface area (Å²) in [7, 11) is 1.49. The van der Waals surface area contributed by atoms with E-state index in [1.54, 1.807) is 19.9 Å². The Balaban J connectivity index is 1.94. The molecule has 1 aromatic heterocycles. The maximum absolute atomic E-state index is 13.6. The molecule has 0 saturated carbocycles. The van der Waals surface area contributed by atoms with Crippen LogP contribution in [-0.4, -0.2) is 60.7 Å². The van der Waals surface area contributed by atoms with Crippen molar-refractivity contribution in [1.29, 1.82) is 0 Å². The number of aromatic nitrogens is 2. The monoisotopic (exact) mass is 511 g/mol. The number of esters is 1. The Morgan fingerprint density at radius 2 is 1.46 bits per heavy atom. The van der Waals surface area contributed by atoms with E-state index >= 15 is 0 Å². The fourth-order valence-corrected chi connectivity index (χ4v) is 3.88. The fourth-order valence-electron chi connectivity index (χ4n) is 3.88. The van der Waals surface area contributed by atoms with Gasteiger partial charge in [0.15, 0.2) is 5.60 Å². The Hall–Kier alpha value is -4.09. The number of rotatable bonds is 14. The van der Waals surface area contributed by atoms with Crippen LogP contribution < -0.4 is 4.74 Å². The average molecular weight is 512 g/mol. The quantitative estimate of drug-likeness (QED) is 0.138. The lowest BCUT2D eigenvalue weighted by molar-refractivity contribution is -0.758. The summed E-state index contributed by atoms with van der Waals surface area (Å²) in [6.45, 7) is 3.19. The summed E-state index contributed by atoms with van der Waals surface area (Å²) in [5.74, 6) is -0.734. The zero-order valence-corrected chi connectivity index (χ0v) is 20.9. The molecule has 1 atom stereocenters. The third-order valence-corrected chi connectivity index (χ3v) is 5.39. The number of aryl methyl sites for hydroxylation is 2. The third kappa shape index (κ3) is 7.21. The summed E-state index contributed by atoms with van der Waals surface area (Å²) in [4.78, 5) is 36.7. The van der Waals surface area contributed by atoms with E-state index in [1.807, 2.05) is 60.7 Å². The van der Waals surface area contributed by atoms with Crippen LogP contribution in [0.15, 0.2) is 66.7 Å². The smallest absolute Gasteiger partial charge is 0.351 e. The molecule has 0 saturated heterocycles. The number of carbonyl (C=O) groups is 1. The van der Waals surface area contributed by atoms with Gasteiger partial charge in [0.25, 0.3) is 5.09 Å². The van der Waals surface area contributed by atoms with E-state index in [0.717, 1.165) is 0 Å². The molecule has 11 nitrogen and oxygen atoms in total. The molecular formula is C26H29N3O8. The van der Waals surface area contributed by atoms with Crippen LogP contribution >= 0.6 is 0 Å². The molecule has 3 aromatic rings. The first-order chi connectivity index (χ1) is 17.9. The van der Waals surface area contributed by atoms with Gasteiger partial charge in [0.2, 0.25) is 6.10 Å². The van der Waals surface area contributed by atoms with Gasteiger partial charge in [-0.2, -0.15) is 0 Å². The minimum atomic E-state index is -1.42. The Morgan fingerprint density at radius 3 is 1.97 bits per heavy atom. The normalized spacial score (nSPS) is 12.0. The number of ether oxygens (including phenoxy) is 4. The molecule has 0 N–H and O–H groups in total. The maximum atomic E-state index is 13.6. The minimum Gasteiger partial charge on any atom is -0.460 e. The van der Waals surface area contributed by atoms with Gasteiger partial charge in [-0.05, 0) is 31.0 Å². The zero-order valence-electron chi connectivity index (χ0n) is 20.9. The number of benzene rings is 2. The summed E-state index contributed by atoms with van der Waals surface area (Å²) in [6, 6.07) is 20.2. The van der Waals surface area contributed by atoms with Gasteiger partial charge < -0.3 is 23.8 Å². The van der Waals surface area contributed by atoms with Gasteiger partial charge in [-0.15, -0.1) is 10.1 Å². The van der Waals surface area contributed by atoms with Gasteiger partial charge in [0.05, 0.1) is 13.2 Å². The molecule has 1 unspecified atom stereocenters. The molecule has 0 aliphatic heterocycles. The van der Waals surface area contributed by atoms with E-state index in [-0.39, 0.29) is 32.4 Å². The van der Waals surface area contributed by atoms with Gasteiger partial charge in [-0.25, -0.2) is 14.8 Å². The van der Waals surface area contributed by atoms with Gasteiger partial charge >= 0.3 is 12.0 Å². The van der Waals surface area contributed by atoms with Crippen LogP contribution in [0.4, 0.5) is 0 Å². The Morgan fingerprint density at radius 1 is 0.919 bits per heavy atom. The first-order valence-corrected chi connectivity index (χ1v) is 11.5. The molecular weight excluding hydrogens is 482 g/mol. The molecule has 37 heavy (non-hydrogen) atoms. The number of nitrogens with zero attached hydrogens (tertiary/aromatic N) is 3. The predicted octanol–water partition coefficient (Wildman–Crippen LogP) is 3.20. The first-order valence-electron chi connectivity index (χ1n) is 11.5. The fraction of sp³-hybridized carbons (Fsp3) is 0.346. The van der Waals surface area contributed by atoms with E-state index < -0.39 is 22.8 Å². The highest BCUT2D eigenvalue weighted by Gasteiger charge is 2.50. The van der Waals surface area contributed by atoms with E-state index in [2.05, 4.69) is 14.8 Å². The predicted molar refractivity (Wildman–Crippen MR) is 131 cm³/mol.